The second kappa shape index (κ2) is 6.36. The van der Waals surface area contributed by atoms with E-state index in [0.717, 1.165) is 30.7 Å². The monoisotopic (exact) mass is 332 g/mol. The summed E-state index contributed by atoms with van der Waals surface area (Å²) in [6.45, 7) is 3.42. The summed E-state index contributed by atoms with van der Waals surface area (Å²) < 4.78 is 0.812. The molecule has 2 rings (SSSR count). The minimum atomic E-state index is 0.0669. The predicted octanol–water partition coefficient (Wildman–Crippen LogP) is 1.34. The Morgan fingerprint density at radius 3 is 2.94 bits per heavy atom. The number of aromatic nitrogens is 1. The van der Waals surface area contributed by atoms with E-state index in [2.05, 4.69) is 31.5 Å². The molecule has 0 bridgehead atoms. The summed E-state index contributed by atoms with van der Waals surface area (Å²) in [5, 5.41) is 6.67. The first-order valence-corrected chi connectivity index (χ1v) is 6.87. The number of hydrogen-bond donors (Lipinski definition) is 2. The number of anilines is 1. The standard InChI is InChI=1S/C11H14BrClN4O/c12-8-5-9(13)11(15-6-8)16-7-10(18)17-3-1-14-2-4-17/h5-6,14H,1-4,7H2,(H,15,16). The maximum Gasteiger partial charge on any atom is 0.242 e. The van der Waals surface area contributed by atoms with Crippen LogP contribution in [0.25, 0.3) is 0 Å². The Labute approximate surface area is 119 Å². The highest BCUT2D eigenvalue weighted by molar-refractivity contribution is 9.10. The average Bonchev–Trinajstić information content (AvgIpc) is 2.38. The molecule has 1 fully saturated rings. The van der Waals surface area contributed by atoms with Gasteiger partial charge in [0.05, 0.1) is 11.6 Å². The Kier molecular flexibility index (Phi) is 4.79. The number of pyridine rings is 1. The van der Waals surface area contributed by atoms with E-state index in [1.165, 1.54) is 0 Å². The van der Waals surface area contributed by atoms with Gasteiger partial charge in [0, 0.05) is 36.8 Å². The molecule has 0 unspecified atom stereocenters. The molecule has 98 valence electrons. The number of nitrogens with zero attached hydrogens (tertiary/aromatic N) is 2. The molecule has 1 saturated heterocycles. The predicted molar refractivity (Wildman–Crippen MR) is 74.9 cm³/mol. The Morgan fingerprint density at radius 2 is 2.28 bits per heavy atom. The van der Waals surface area contributed by atoms with Crippen LogP contribution in [-0.4, -0.2) is 48.5 Å². The smallest absolute Gasteiger partial charge is 0.242 e. The van der Waals surface area contributed by atoms with Crippen molar-refractivity contribution in [3.05, 3.63) is 21.8 Å². The highest BCUT2D eigenvalue weighted by atomic mass is 79.9. The van der Waals surface area contributed by atoms with Gasteiger partial charge in [0.2, 0.25) is 5.91 Å². The van der Waals surface area contributed by atoms with Crippen molar-refractivity contribution in [1.82, 2.24) is 15.2 Å². The second-order valence-electron chi connectivity index (χ2n) is 3.97. The molecule has 0 saturated carbocycles. The number of piperazine rings is 1. The summed E-state index contributed by atoms with van der Waals surface area (Å²) in [5.74, 6) is 0.598. The number of rotatable bonds is 3. The number of amides is 1. The molecule has 1 aromatic rings. The zero-order valence-corrected chi connectivity index (χ0v) is 12.1. The van der Waals surface area contributed by atoms with Crippen LogP contribution in [0.4, 0.5) is 5.82 Å². The van der Waals surface area contributed by atoms with E-state index < -0.39 is 0 Å². The molecule has 2 heterocycles. The van der Waals surface area contributed by atoms with Gasteiger partial charge in [-0.25, -0.2) is 4.98 Å². The van der Waals surface area contributed by atoms with E-state index in [-0.39, 0.29) is 12.5 Å². The fourth-order valence-electron chi connectivity index (χ4n) is 1.73. The van der Waals surface area contributed by atoms with Gasteiger partial charge in [0.25, 0.3) is 0 Å². The third kappa shape index (κ3) is 3.57. The van der Waals surface area contributed by atoms with Crippen molar-refractivity contribution in [2.75, 3.05) is 38.0 Å². The molecule has 2 N–H and O–H groups in total. The summed E-state index contributed by atoms with van der Waals surface area (Å²) in [6, 6.07) is 1.74. The molecule has 1 aliphatic rings. The van der Waals surface area contributed by atoms with Gasteiger partial charge in [-0.05, 0) is 22.0 Å². The van der Waals surface area contributed by atoms with Crippen LogP contribution in [0.2, 0.25) is 5.02 Å². The van der Waals surface area contributed by atoms with E-state index in [1.807, 2.05) is 4.90 Å². The van der Waals surface area contributed by atoms with Crippen molar-refractivity contribution in [2.24, 2.45) is 0 Å². The van der Waals surface area contributed by atoms with Gasteiger partial charge >= 0.3 is 0 Å². The van der Waals surface area contributed by atoms with Crippen LogP contribution in [0.1, 0.15) is 0 Å². The summed E-state index contributed by atoms with van der Waals surface area (Å²) in [5.41, 5.74) is 0. The van der Waals surface area contributed by atoms with Crippen molar-refractivity contribution in [1.29, 1.82) is 0 Å². The topological polar surface area (TPSA) is 57.3 Å². The third-order valence-electron chi connectivity index (χ3n) is 2.68. The SMILES string of the molecule is O=C(CNc1ncc(Br)cc1Cl)N1CCNCC1. The van der Waals surface area contributed by atoms with Crippen LogP contribution >= 0.6 is 27.5 Å². The van der Waals surface area contributed by atoms with Gasteiger partial charge in [0.1, 0.15) is 5.82 Å². The maximum atomic E-state index is 11.9. The van der Waals surface area contributed by atoms with Gasteiger partial charge in [-0.3, -0.25) is 4.79 Å². The maximum absolute atomic E-state index is 11.9. The lowest BCUT2D eigenvalue weighted by Crippen LogP contribution is -2.48. The van der Waals surface area contributed by atoms with Gasteiger partial charge in [-0.15, -0.1) is 0 Å². The first-order valence-electron chi connectivity index (χ1n) is 5.70. The van der Waals surface area contributed by atoms with Crippen molar-refractivity contribution in [2.45, 2.75) is 0 Å². The van der Waals surface area contributed by atoms with Crippen LogP contribution in [0.15, 0.2) is 16.7 Å². The zero-order chi connectivity index (χ0) is 13.0. The Hall–Kier alpha value is -0.850. The summed E-state index contributed by atoms with van der Waals surface area (Å²) >= 11 is 9.29. The number of carbonyl (C=O) groups excluding carboxylic acids is 1. The molecule has 1 aromatic heterocycles. The minimum Gasteiger partial charge on any atom is -0.360 e. The largest absolute Gasteiger partial charge is 0.360 e. The van der Waals surface area contributed by atoms with Crippen molar-refractivity contribution in [3.8, 4) is 0 Å². The summed E-state index contributed by atoms with van der Waals surface area (Å²) in [6.07, 6.45) is 1.64. The van der Waals surface area contributed by atoms with E-state index in [1.54, 1.807) is 12.3 Å². The van der Waals surface area contributed by atoms with Gasteiger partial charge in [-0.2, -0.15) is 0 Å². The van der Waals surface area contributed by atoms with Crippen LogP contribution in [0.5, 0.6) is 0 Å². The lowest BCUT2D eigenvalue weighted by atomic mass is 10.3. The highest BCUT2D eigenvalue weighted by Gasteiger charge is 2.16. The minimum absolute atomic E-state index is 0.0669. The van der Waals surface area contributed by atoms with Gasteiger partial charge < -0.3 is 15.5 Å². The quantitative estimate of drug-likeness (QED) is 0.876. The molecule has 1 amide bonds. The lowest BCUT2D eigenvalue weighted by molar-refractivity contribution is -0.129. The fraction of sp³-hybridized carbons (Fsp3) is 0.455. The first kappa shape index (κ1) is 13.6. The molecule has 0 radical (unpaired) electrons. The van der Waals surface area contributed by atoms with E-state index in [4.69, 9.17) is 11.6 Å². The first-order chi connectivity index (χ1) is 8.66. The summed E-state index contributed by atoms with van der Waals surface area (Å²) in [7, 11) is 0. The van der Waals surface area contributed by atoms with Gasteiger partial charge in [0.15, 0.2) is 0 Å². The molecule has 0 aliphatic carbocycles. The second-order valence-corrected chi connectivity index (χ2v) is 5.29. The third-order valence-corrected chi connectivity index (χ3v) is 3.41. The number of nitrogens with one attached hydrogen (secondary N) is 2. The molecular formula is C11H14BrClN4O. The lowest BCUT2D eigenvalue weighted by Gasteiger charge is -2.27. The Balaban J connectivity index is 1.88. The van der Waals surface area contributed by atoms with Crippen molar-refractivity contribution >= 4 is 39.3 Å². The normalized spacial score (nSPS) is 15.6. The molecular weight excluding hydrogens is 320 g/mol. The van der Waals surface area contributed by atoms with Crippen LogP contribution in [-0.2, 0) is 4.79 Å². The van der Waals surface area contributed by atoms with E-state index in [0.29, 0.717) is 10.8 Å². The van der Waals surface area contributed by atoms with Crippen LogP contribution in [0, 0.1) is 0 Å². The van der Waals surface area contributed by atoms with E-state index >= 15 is 0 Å². The van der Waals surface area contributed by atoms with Crippen molar-refractivity contribution in [3.63, 3.8) is 0 Å². The molecule has 7 heteroatoms. The van der Waals surface area contributed by atoms with Gasteiger partial charge in [-0.1, -0.05) is 11.6 Å². The van der Waals surface area contributed by atoms with Crippen LogP contribution in [0.3, 0.4) is 0 Å². The number of halogens is 2. The van der Waals surface area contributed by atoms with Crippen LogP contribution < -0.4 is 10.6 Å². The average molecular weight is 334 g/mol. The number of carbonyl (C=O) groups is 1. The molecule has 0 spiro atoms. The molecule has 0 atom stereocenters. The zero-order valence-electron chi connectivity index (χ0n) is 9.75. The fourth-order valence-corrected chi connectivity index (χ4v) is 2.43. The molecule has 0 aromatic carbocycles. The number of hydrogen-bond acceptors (Lipinski definition) is 4. The Morgan fingerprint density at radius 1 is 1.56 bits per heavy atom. The molecule has 18 heavy (non-hydrogen) atoms. The van der Waals surface area contributed by atoms with E-state index in [9.17, 15) is 4.79 Å². The molecule has 5 nitrogen and oxygen atoms in total. The summed E-state index contributed by atoms with van der Waals surface area (Å²) in [4.78, 5) is 17.9. The van der Waals surface area contributed by atoms with Crippen molar-refractivity contribution < 1.29 is 4.79 Å². The molecule has 1 aliphatic heterocycles. The highest BCUT2D eigenvalue weighted by Crippen LogP contribution is 2.22. The Bertz CT molecular complexity index is 437.